The fourth-order valence-electron chi connectivity index (χ4n) is 2.75. The average Bonchev–Trinajstić information content (AvgIpc) is 2.85. The molecule has 0 spiro atoms. The van der Waals surface area contributed by atoms with Gasteiger partial charge in [0.05, 0.1) is 12.0 Å². The van der Waals surface area contributed by atoms with E-state index in [0.717, 1.165) is 31.6 Å². The lowest BCUT2D eigenvalue weighted by molar-refractivity contribution is 0.248. The van der Waals surface area contributed by atoms with Gasteiger partial charge >= 0.3 is 0 Å². The molecule has 1 aliphatic rings. The van der Waals surface area contributed by atoms with Crippen molar-refractivity contribution >= 4 is 0 Å². The normalized spacial score (nSPS) is 20.2. The van der Waals surface area contributed by atoms with Crippen LogP contribution in [0.25, 0.3) is 11.5 Å². The quantitative estimate of drug-likeness (QED) is 0.885. The van der Waals surface area contributed by atoms with Gasteiger partial charge < -0.3 is 14.5 Å². The van der Waals surface area contributed by atoms with Crippen molar-refractivity contribution in [2.45, 2.75) is 18.8 Å². The van der Waals surface area contributed by atoms with Gasteiger partial charge in [0.25, 0.3) is 5.56 Å². The smallest absolute Gasteiger partial charge is 0.251 e. The van der Waals surface area contributed by atoms with E-state index in [1.54, 1.807) is 12.4 Å². The summed E-state index contributed by atoms with van der Waals surface area (Å²) in [7, 11) is 4.01. The second-order valence-electron chi connectivity index (χ2n) is 5.54. The molecule has 0 aliphatic carbocycles. The number of likely N-dealkylation sites (N-methyl/N-ethyl adjacent to an activating group) is 1. The molecule has 0 radical (unpaired) electrons. The predicted molar refractivity (Wildman–Crippen MR) is 76.5 cm³/mol. The predicted octanol–water partition coefficient (Wildman–Crippen LogP) is 0.980. The van der Waals surface area contributed by atoms with Gasteiger partial charge in [-0.15, -0.1) is 0 Å². The molecule has 20 heavy (non-hydrogen) atoms. The van der Waals surface area contributed by atoms with Crippen molar-refractivity contribution in [3.05, 3.63) is 34.6 Å². The molecule has 1 atom stereocenters. The fraction of sp³-hybridized carbons (Fsp3) is 0.500. The van der Waals surface area contributed by atoms with Crippen molar-refractivity contribution < 1.29 is 0 Å². The summed E-state index contributed by atoms with van der Waals surface area (Å²) in [6.07, 6.45) is 5.79. The molecule has 6 heteroatoms. The highest BCUT2D eigenvalue weighted by Crippen LogP contribution is 2.24. The van der Waals surface area contributed by atoms with Crippen molar-refractivity contribution in [3.63, 3.8) is 0 Å². The number of hydrogen-bond acceptors (Lipinski definition) is 4. The first-order valence-corrected chi connectivity index (χ1v) is 6.90. The zero-order valence-electron chi connectivity index (χ0n) is 11.8. The zero-order valence-corrected chi connectivity index (χ0v) is 11.8. The Labute approximate surface area is 117 Å². The van der Waals surface area contributed by atoms with E-state index in [0.29, 0.717) is 17.4 Å². The summed E-state index contributed by atoms with van der Waals surface area (Å²) in [5, 5.41) is 0. The Hall–Kier alpha value is -1.95. The molecule has 0 aromatic carbocycles. The van der Waals surface area contributed by atoms with Crippen LogP contribution >= 0.6 is 0 Å². The lowest BCUT2D eigenvalue weighted by atomic mass is 9.95. The molecule has 0 amide bonds. The molecule has 6 nitrogen and oxygen atoms in total. The monoisotopic (exact) mass is 273 g/mol. The van der Waals surface area contributed by atoms with E-state index in [-0.39, 0.29) is 5.56 Å². The molecule has 2 aromatic heterocycles. The number of imidazole rings is 1. The molecular formula is C14H19N5O. The van der Waals surface area contributed by atoms with Gasteiger partial charge in [-0.25, -0.2) is 9.97 Å². The van der Waals surface area contributed by atoms with E-state index in [9.17, 15) is 4.79 Å². The van der Waals surface area contributed by atoms with Gasteiger partial charge in [0.15, 0.2) is 5.82 Å². The van der Waals surface area contributed by atoms with Crippen LogP contribution in [0.1, 0.15) is 24.5 Å². The molecule has 106 valence electrons. The second-order valence-corrected chi connectivity index (χ2v) is 5.54. The fourth-order valence-corrected chi connectivity index (χ4v) is 2.75. The van der Waals surface area contributed by atoms with Crippen LogP contribution in [-0.4, -0.2) is 44.6 Å². The molecule has 3 rings (SSSR count). The Morgan fingerprint density at radius 2 is 2.25 bits per heavy atom. The van der Waals surface area contributed by atoms with Crippen LogP contribution in [0.5, 0.6) is 0 Å². The third-order valence-corrected chi connectivity index (χ3v) is 3.75. The summed E-state index contributed by atoms with van der Waals surface area (Å²) >= 11 is 0. The van der Waals surface area contributed by atoms with E-state index in [1.807, 2.05) is 17.8 Å². The Morgan fingerprint density at radius 1 is 1.40 bits per heavy atom. The number of rotatable bonds is 2. The number of aryl methyl sites for hydroxylation is 1. The second kappa shape index (κ2) is 5.20. The van der Waals surface area contributed by atoms with Gasteiger partial charge in [-0.1, -0.05) is 0 Å². The summed E-state index contributed by atoms with van der Waals surface area (Å²) in [4.78, 5) is 25.8. The minimum absolute atomic E-state index is 0.108. The molecule has 1 saturated heterocycles. The van der Waals surface area contributed by atoms with Crippen molar-refractivity contribution in [2.24, 2.45) is 7.05 Å². The molecular weight excluding hydrogens is 254 g/mol. The van der Waals surface area contributed by atoms with Crippen molar-refractivity contribution in [1.29, 1.82) is 0 Å². The zero-order chi connectivity index (χ0) is 14.1. The van der Waals surface area contributed by atoms with E-state index in [2.05, 4.69) is 26.9 Å². The number of likely N-dealkylation sites (tertiary alicyclic amines) is 1. The number of aromatic amines is 1. The summed E-state index contributed by atoms with van der Waals surface area (Å²) < 4.78 is 1.84. The summed E-state index contributed by atoms with van der Waals surface area (Å²) in [5.41, 5.74) is 1.47. The van der Waals surface area contributed by atoms with Gasteiger partial charge in [0.2, 0.25) is 0 Å². The largest absolute Gasteiger partial charge is 0.340 e. The highest BCUT2D eigenvalue weighted by molar-refractivity contribution is 5.47. The molecule has 0 saturated carbocycles. The molecule has 1 fully saturated rings. The highest BCUT2D eigenvalue weighted by atomic mass is 16.1. The summed E-state index contributed by atoms with van der Waals surface area (Å²) in [5.74, 6) is 0.889. The molecule has 1 aliphatic heterocycles. The van der Waals surface area contributed by atoms with Gasteiger partial charge in [0, 0.05) is 31.8 Å². The van der Waals surface area contributed by atoms with Crippen LogP contribution in [-0.2, 0) is 7.05 Å². The highest BCUT2D eigenvalue weighted by Gasteiger charge is 2.21. The Kier molecular flexibility index (Phi) is 3.40. The lowest BCUT2D eigenvalue weighted by Gasteiger charge is -2.29. The molecule has 3 heterocycles. The van der Waals surface area contributed by atoms with Crippen LogP contribution < -0.4 is 5.56 Å². The summed E-state index contributed by atoms with van der Waals surface area (Å²) in [6.45, 7) is 2.07. The van der Waals surface area contributed by atoms with Gasteiger partial charge in [-0.05, 0) is 26.4 Å². The van der Waals surface area contributed by atoms with Crippen LogP contribution in [0, 0.1) is 0 Å². The maximum atomic E-state index is 11.9. The number of H-pyrrole nitrogens is 1. The minimum atomic E-state index is -0.108. The Balaban J connectivity index is 1.96. The van der Waals surface area contributed by atoms with Crippen LogP contribution in [0.15, 0.2) is 23.4 Å². The van der Waals surface area contributed by atoms with E-state index < -0.39 is 0 Å². The third-order valence-electron chi connectivity index (χ3n) is 3.75. The number of aromatic nitrogens is 4. The first kappa shape index (κ1) is 13.1. The number of nitrogens with zero attached hydrogens (tertiary/aromatic N) is 4. The lowest BCUT2D eigenvalue weighted by Crippen LogP contribution is -2.31. The first-order chi connectivity index (χ1) is 9.61. The maximum absolute atomic E-state index is 11.9. The molecule has 2 aromatic rings. The number of piperidine rings is 1. The van der Waals surface area contributed by atoms with Crippen LogP contribution in [0.3, 0.4) is 0 Å². The Bertz CT molecular complexity index is 660. The third kappa shape index (κ3) is 2.65. The maximum Gasteiger partial charge on any atom is 0.251 e. The standard InChI is InChI=1S/C14H19N5O/c1-18-5-3-4-10(7-18)11-6-13(20)17-14(16-11)12-8-19(2)9-15-12/h6,8-10H,3-5,7H2,1-2H3,(H,16,17,20). The van der Waals surface area contributed by atoms with Gasteiger partial charge in [-0.3, -0.25) is 4.79 Å². The minimum Gasteiger partial charge on any atom is -0.340 e. The Morgan fingerprint density at radius 3 is 2.95 bits per heavy atom. The van der Waals surface area contributed by atoms with Crippen molar-refractivity contribution in [1.82, 2.24) is 24.4 Å². The van der Waals surface area contributed by atoms with Crippen molar-refractivity contribution in [2.75, 3.05) is 20.1 Å². The van der Waals surface area contributed by atoms with E-state index >= 15 is 0 Å². The molecule has 1 unspecified atom stereocenters. The number of nitrogens with one attached hydrogen (secondary N) is 1. The topological polar surface area (TPSA) is 66.8 Å². The first-order valence-electron chi connectivity index (χ1n) is 6.90. The molecule has 0 bridgehead atoms. The SMILES string of the molecule is CN1CCCC(c2cc(=O)[nH]c(-c3cn(C)cn3)n2)C1. The van der Waals surface area contributed by atoms with Gasteiger partial charge in [0.1, 0.15) is 5.69 Å². The van der Waals surface area contributed by atoms with Crippen molar-refractivity contribution in [3.8, 4) is 11.5 Å². The van der Waals surface area contributed by atoms with Crippen LogP contribution in [0.4, 0.5) is 0 Å². The summed E-state index contributed by atoms with van der Waals surface area (Å²) in [6, 6.07) is 1.62. The van der Waals surface area contributed by atoms with Crippen LogP contribution in [0.2, 0.25) is 0 Å². The number of hydrogen-bond donors (Lipinski definition) is 1. The van der Waals surface area contributed by atoms with E-state index in [4.69, 9.17) is 0 Å². The average molecular weight is 273 g/mol. The van der Waals surface area contributed by atoms with Gasteiger partial charge in [-0.2, -0.15) is 0 Å². The van der Waals surface area contributed by atoms with E-state index in [1.165, 1.54) is 0 Å². The molecule has 1 N–H and O–H groups in total.